The van der Waals surface area contributed by atoms with Gasteiger partial charge in [-0.15, -0.1) is 0 Å². The van der Waals surface area contributed by atoms with Crippen molar-refractivity contribution in [3.05, 3.63) is 31.1 Å². The van der Waals surface area contributed by atoms with Crippen LogP contribution in [-0.2, 0) is 0 Å². The fourth-order valence-electron chi connectivity index (χ4n) is 1.38. The highest BCUT2D eigenvalue weighted by atomic mass is 15.0. The maximum Gasteiger partial charge on any atom is 0.174 e. The Morgan fingerprint density at radius 1 is 0.933 bits per heavy atom. The van der Waals surface area contributed by atoms with Crippen LogP contribution in [0.4, 0.5) is 0 Å². The van der Waals surface area contributed by atoms with Gasteiger partial charge >= 0.3 is 0 Å². The van der Waals surface area contributed by atoms with Crippen molar-refractivity contribution < 1.29 is 0 Å². The zero-order valence-corrected chi connectivity index (χ0v) is 7.73. The summed E-state index contributed by atoms with van der Waals surface area (Å²) in [5.41, 5.74) is 1.79. The van der Waals surface area contributed by atoms with Crippen LogP contribution in [0, 0.1) is 0 Å². The number of aromatic amines is 3. The fourth-order valence-corrected chi connectivity index (χ4v) is 1.38. The molecule has 0 aromatic carbocycles. The van der Waals surface area contributed by atoms with Crippen LogP contribution in [0.3, 0.4) is 0 Å². The van der Waals surface area contributed by atoms with E-state index >= 15 is 0 Å². The van der Waals surface area contributed by atoms with Crippen molar-refractivity contribution in [2.24, 2.45) is 0 Å². The van der Waals surface area contributed by atoms with Crippen LogP contribution in [0.25, 0.3) is 23.0 Å². The average Bonchev–Trinajstić information content (AvgIpc) is 3.02. The van der Waals surface area contributed by atoms with Gasteiger partial charge in [0.05, 0.1) is 30.1 Å². The van der Waals surface area contributed by atoms with Crippen LogP contribution in [0.2, 0.25) is 0 Å². The minimum absolute atomic E-state index is 0.713. The molecule has 6 heteroatoms. The molecule has 3 aromatic rings. The van der Waals surface area contributed by atoms with Gasteiger partial charge < -0.3 is 15.0 Å². The first-order valence-electron chi connectivity index (χ1n) is 4.47. The lowest BCUT2D eigenvalue weighted by molar-refractivity contribution is 1.20. The molecule has 0 unspecified atom stereocenters. The molecule has 0 spiro atoms. The van der Waals surface area contributed by atoms with Gasteiger partial charge in [0.15, 0.2) is 11.6 Å². The molecule has 0 saturated heterocycles. The molecule has 3 N–H and O–H groups in total. The minimum Gasteiger partial charge on any atom is -0.343 e. The normalized spacial score (nSPS) is 10.7. The van der Waals surface area contributed by atoms with E-state index in [4.69, 9.17) is 0 Å². The maximum atomic E-state index is 4.22. The molecule has 0 radical (unpaired) electrons. The molecule has 0 aliphatic heterocycles. The summed E-state index contributed by atoms with van der Waals surface area (Å²) in [6.07, 6.45) is 8.55. The van der Waals surface area contributed by atoms with Crippen molar-refractivity contribution in [3.63, 3.8) is 0 Å². The zero-order chi connectivity index (χ0) is 10.1. The first-order chi connectivity index (χ1) is 7.43. The van der Waals surface area contributed by atoms with E-state index in [2.05, 4.69) is 29.9 Å². The van der Waals surface area contributed by atoms with Crippen LogP contribution in [0.15, 0.2) is 31.1 Å². The van der Waals surface area contributed by atoms with Crippen LogP contribution in [-0.4, -0.2) is 29.9 Å². The molecule has 0 bridgehead atoms. The minimum atomic E-state index is 0.713. The number of hydrogen-bond donors (Lipinski definition) is 3. The second-order valence-electron chi connectivity index (χ2n) is 3.05. The number of nitrogens with one attached hydrogen (secondary N) is 3. The lowest BCUT2D eigenvalue weighted by Crippen LogP contribution is -1.82. The third kappa shape index (κ3) is 1.32. The van der Waals surface area contributed by atoms with E-state index in [0.717, 1.165) is 17.2 Å². The smallest absolute Gasteiger partial charge is 0.174 e. The van der Waals surface area contributed by atoms with E-state index in [1.807, 2.05) is 0 Å². The van der Waals surface area contributed by atoms with E-state index in [1.165, 1.54) is 0 Å². The third-order valence-electron chi connectivity index (χ3n) is 2.09. The van der Waals surface area contributed by atoms with Gasteiger partial charge in [0, 0.05) is 12.4 Å². The van der Waals surface area contributed by atoms with Crippen LogP contribution >= 0.6 is 0 Å². The summed E-state index contributed by atoms with van der Waals surface area (Å²) >= 11 is 0. The van der Waals surface area contributed by atoms with Gasteiger partial charge in [-0.3, -0.25) is 0 Å². The first-order valence-corrected chi connectivity index (χ1v) is 4.47. The van der Waals surface area contributed by atoms with Gasteiger partial charge in [-0.1, -0.05) is 0 Å². The Hall–Kier alpha value is -2.37. The molecule has 0 aliphatic rings. The van der Waals surface area contributed by atoms with E-state index in [9.17, 15) is 0 Å². The van der Waals surface area contributed by atoms with Crippen molar-refractivity contribution in [2.75, 3.05) is 0 Å². The van der Waals surface area contributed by atoms with E-state index in [-0.39, 0.29) is 0 Å². The second-order valence-corrected chi connectivity index (χ2v) is 3.05. The Morgan fingerprint density at radius 3 is 2.67 bits per heavy atom. The highest BCUT2D eigenvalue weighted by Gasteiger charge is 2.07. The summed E-state index contributed by atoms with van der Waals surface area (Å²) in [6.45, 7) is 0. The maximum absolute atomic E-state index is 4.22. The molecule has 0 amide bonds. The van der Waals surface area contributed by atoms with Gasteiger partial charge in [-0.05, 0) is 0 Å². The topological polar surface area (TPSA) is 86.0 Å². The molecule has 3 rings (SSSR count). The Balaban J connectivity index is 2.02. The number of rotatable bonds is 2. The van der Waals surface area contributed by atoms with Gasteiger partial charge in [-0.25, -0.2) is 15.0 Å². The lowest BCUT2D eigenvalue weighted by Gasteiger charge is -1.90. The summed E-state index contributed by atoms with van der Waals surface area (Å²) in [6, 6.07) is 0. The highest BCUT2D eigenvalue weighted by molar-refractivity contribution is 5.56. The SMILES string of the molecule is c1c[nH]c(-c2ncc(-c3cnc[nH]3)[nH]2)n1. The monoisotopic (exact) mass is 200 g/mol. The van der Waals surface area contributed by atoms with Crippen molar-refractivity contribution in [1.29, 1.82) is 0 Å². The Labute approximate surface area is 84.8 Å². The summed E-state index contributed by atoms with van der Waals surface area (Å²) in [5, 5.41) is 0. The molecule has 0 atom stereocenters. The number of nitrogens with zero attached hydrogens (tertiary/aromatic N) is 3. The Bertz CT molecular complexity index is 484. The number of H-pyrrole nitrogens is 3. The summed E-state index contributed by atoms with van der Waals surface area (Å²) < 4.78 is 0. The molecule has 0 fully saturated rings. The van der Waals surface area contributed by atoms with E-state index in [1.54, 1.807) is 31.1 Å². The molecule has 74 valence electrons. The quantitative estimate of drug-likeness (QED) is 0.580. The van der Waals surface area contributed by atoms with E-state index < -0.39 is 0 Å². The van der Waals surface area contributed by atoms with Crippen molar-refractivity contribution in [1.82, 2.24) is 29.9 Å². The second kappa shape index (κ2) is 3.09. The van der Waals surface area contributed by atoms with Gasteiger partial charge in [0.25, 0.3) is 0 Å². The molecular formula is C9H8N6. The van der Waals surface area contributed by atoms with Gasteiger partial charge in [0.2, 0.25) is 0 Å². The third-order valence-corrected chi connectivity index (χ3v) is 2.09. The van der Waals surface area contributed by atoms with Crippen LogP contribution in [0.1, 0.15) is 0 Å². The van der Waals surface area contributed by atoms with Crippen LogP contribution in [0.5, 0.6) is 0 Å². The molecular weight excluding hydrogens is 192 g/mol. The molecule has 6 nitrogen and oxygen atoms in total. The molecule has 0 aliphatic carbocycles. The van der Waals surface area contributed by atoms with Crippen molar-refractivity contribution in [3.8, 4) is 23.0 Å². The molecule has 15 heavy (non-hydrogen) atoms. The predicted molar refractivity (Wildman–Crippen MR) is 53.8 cm³/mol. The molecule has 0 saturated carbocycles. The van der Waals surface area contributed by atoms with Crippen LogP contribution < -0.4 is 0 Å². The Kier molecular flexibility index (Phi) is 1.64. The van der Waals surface area contributed by atoms with Gasteiger partial charge in [0.1, 0.15) is 0 Å². The first kappa shape index (κ1) is 7.98. The molecule has 3 heterocycles. The Morgan fingerprint density at radius 2 is 1.93 bits per heavy atom. The summed E-state index contributed by atoms with van der Waals surface area (Å²) in [4.78, 5) is 21.4. The largest absolute Gasteiger partial charge is 0.343 e. The predicted octanol–water partition coefficient (Wildman–Crippen LogP) is 1.19. The summed E-state index contributed by atoms with van der Waals surface area (Å²) in [5.74, 6) is 1.44. The van der Waals surface area contributed by atoms with Crippen molar-refractivity contribution in [2.45, 2.75) is 0 Å². The standard InChI is InChI=1S/C9H8N6/c1-2-12-8(11-1)9-13-4-7(15-9)6-3-10-5-14-6/h1-5H,(H,10,14)(H,11,12)(H,13,15). The zero-order valence-electron chi connectivity index (χ0n) is 7.73. The highest BCUT2D eigenvalue weighted by Crippen LogP contribution is 2.16. The lowest BCUT2D eigenvalue weighted by atomic mass is 10.4. The number of aromatic nitrogens is 6. The number of imidazole rings is 3. The number of hydrogen-bond acceptors (Lipinski definition) is 3. The average molecular weight is 200 g/mol. The fraction of sp³-hybridized carbons (Fsp3) is 0. The van der Waals surface area contributed by atoms with Gasteiger partial charge in [-0.2, -0.15) is 0 Å². The van der Waals surface area contributed by atoms with Crippen molar-refractivity contribution >= 4 is 0 Å². The van der Waals surface area contributed by atoms with E-state index in [0.29, 0.717) is 5.82 Å². The summed E-state index contributed by atoms with van der Waals surface area (Å²) in [7, 11) is 0. The molecule has 3 aromatic heterocycles.